The third kappa shape index (κ3) is 2.60. The molecule has 0 amide bonds. The van der Waals surface area contributed by atoms with Crippen LogP contribution in [0.4, 0.5) is 0 Å². The zero-order chi connectivity index (χ0) is 14.7. The highest BCUT2D eigenvalue weighted by Crippen LogP contribution is 2.36. The molecule has 1 heterocycles. The molecule has 0 aromatic heterocycles. The van der Waals surface area contributed by atoms with Gasteiger partial charge < -0.3 is 15.5 Å². The predicted octanol–water partition coefficient (Wildman–Crippen LogP) is 2.04. The molecule has 0 aliphatic carbocycles. The van der Waals surface area contributed by atoms with Gasteiger partial charge in [-0.3, -0.25) is 0 Å². The Bertz CT molecular complexity index is 531. The molecule has 3 heteroatoms. The summed E-state index contributed by atoms with van der Waals surface area (Å²) in [4.78, 5) is 0. The minimum absolute atomic E-state index is 0.406. The molecule has 0 bridgehead atoms. The van der Waals surface area contributed by atoms with Crippen LogP contribution in [0.5, 0.6) is 0 Å². The summed E-state index contributed by atoms with van der Waals surface area (Å²) in [5.41, 5.74) is 0.367. The summed E-state index contributed by atoms with van der Waals surface area (Å²) < 4.78 is 0. The Hall–Kier alpha value is -1.68. The number of aliphatic hydroxyl groups is 2. The second kappa shape index (κ2) is 5.98. The second-order valence-corrected chi connectivity index (χ2v) is 5.64. The van der Waals surface area contributed by atoms with E-state index in [0.717, 1.165) is 24.1 Å². The maximum Gasteiger partial charge on any atom is 0.132 e. The van der Waals surface area contributed by atoms with Crippen LogP contribution in [0.25, 0.3) is 0 Å². The van der Waals surface area contributed by atoms with Gasteiger partial charge >= 0.3 is 0 Å². The van der Waals surface area contributed by atoms with Crippen molar-refractivity contribution in [3.8, 4) is 0 Å². The van der Waals surface area contributed by atoms with Crippen LogP contribution in [0.3, 0.4) is 0 Å². The summed E-state index contributed by atoms with van der Waals surface area (Å²) in [7, 11) is 0. The molecule has 2 aromatic rings. The van der Waals surface area contributed by atoms with Crippen molar-refractivity contribution < 1.29 is 10.2 Å². The van der Waals surface area contributed by atoms with Crippen molar-refractivity contribution in [3.63, 3.8) is 0 Å². The average Bonchev–Trinajstić information content (AvgIpc) is 2.56. The van der Waals surface area contributed by atoms with Gasteiger partial charge in [0.2, 0.25) is 0 Å². The molecule has 21 heavy (non-hydrogen) atoms. The molecular formula is C18H21NO2. The smallest absolute Gasteiger partial charge is 0.132 e. The molecule has 0 saturated carbocycles. The molecule has 3 rings (SSSR count). The number of benzene rings is 2. The van der Waals surface area contributed by atoms with Crippen molar-refractivity contribution in [2.75, 3.05) is 6.54 Å². The van der Waals surface area contributed by atoms with Crippen molar-refractivity contribution >= 4 is 0 Å². The molecule has 2 atom stereocenters. The molecule has 1 saturated heterocycles. The van der Waals surface area contributed by atoms with Crippen LogP contribution >= 0.6 is 0 Å². The summed E-state index contributed by atoms with van der Waals surface area (Å²) in [6.07, 6.45) is 1.07. The molecule has 1 fully saturated rings. The highest BCUT2D eigenvalue weighted by molar-refractivity contribution is 5.38. The van der Waals surface area contributed by atoms with Gasteiger partial charge in [0.15, 0.2) is 0 Å². The SMILES string of the molecule is O[C@@H]1CCCN[C@H]1C(O)(c1ccccc1)c1ccccc1. The monoisotopic (exact) mass is 283 g/mol. The normalized spacial score (nSPS) is 23.0. The molecular weight excluding hydrogens is 262 g/mol. The predicted molar refractivity (Wildman–Crippen MR) is 82.9 cm³/mol. The van der Waals surface area contributed by atoms with Gasteiger partial charge in [0, 0.05) is 0 Å². The lowest BCUT2D eigenvalue weighted by Crippen LogP contribution is -2.58. The van der Waals surface area contributed by atoms with E-state index in [1.807, 2.05) is 60.7 Å². The van der Waals surface area contributed by atoms with Gasteiger partial charge in [0.05, 0.1) is 12.1 Å². The van der Waals surface area contributed by atoms with Crippen molar-refractivity contribution in [2.24, 2.45) is 0 Å². The summed E-state index contributed by atoms with van der Waals surface area (Å²) >= 11 is 0. The molecule has 2 aromatic carbocycles. The third-order valence-electron chi connectivity index (χ3n) is 4.30. The number of hydrogen-bond donors (Lipinski definition) is 3. The van der Waals surface area contributed by atoms with Gasteiger partial charge in [-0.15, -0.1) is 0 Å². The lowest BCUT2D eigenvalue weighted by molar-refractivity contribution is -0.0355. The first-order valence-corrected chi connectivity index (χ1v) is 7.48. The summed E-state index contributed by atoms with van der Waals surface area (Å²) in [6.45, 7) is 0.809. The van der Waals surface area contributed by atoms with Gasteiger partial charge in [-0.1, -0.05) is 60.7 Å². The number of nitrogens with one attached hydrogen (secondary N) is 1. The fourth-order valence-corrected chi connectivity index (χ4v) is 3.21. The number of hydrogen-bond acceptors (Lipinski definition) is 3. The van der Waals surface area contributed by atoms with Crippen LogP contribution in [0, 0.1) is 0 Å². The van der Waals surface area contributed by atoms with E-state index >= 15 is 0 Å². The fraction of sp³-hybridized carbons (Fsp3) is 0.333. The first kappa shape index (κ1) is 14.3. The zero-order valence-electron chi connectivity index (χ0n) is 11.9. The van der Waals surface area contributed by atoms with Crippen LogP contribution in [0.2, 0.25) is 0 Å². The fourth-order valence-electron chi connectivity index (χ4n) is 3.21. The van der Waals surface area contributed by atoms with E-state index in [2.05, 4.69) is 5.32 Å². The lowest BCUT2D eigenvalue weighted by Gasteiger charge is -2.42. The maximum absolute atomic E-state index is 11.5. The Morgan fingerprint density at radius 3 is 1.90 bits per heavy atom. The summed E-state index contributed by atoms with van der Waals surface area (Å²) in [5, 5.41) is 25.2. The second-order valence-electron chi connectivity index (χ2n) is 5.64. The van der Waals surface area contributed by atoms with Gasteiger partial charge in [-0.05, 0) is 30.5 Å². The van der Waals surface area contributed by atoms with E-state index in [0.29, 0.717) is 6.42 Å². The van der Waals surface area contributed by atoms with E-state index in [9.17, 15) is 10.2 Å². The molecule has 0 radical (unpaired) electrons. The number of aliphatic hydroxyl groups excluding tert-OH is 1. The first-order valence-electron chi connectivity index (χ1n) is 7.48. The highest BCUT2D eigenvalue weighted by Gasteiger charge is 2.44. The minimum atomic E-state index is -1.23. The molecule has 1 aliphatic heterocycles. The molecule has 3 nitrogen and oxygen atoms in total. The Kier molecular flexibility index (Phi) is 4.06. The number of rotatable bonds is 3. The molecule has 110 valence electrons. The zero-order valence-corrected chi connectivity index (χ0v) is 11.9. The van der Waals surface area contributed by atoms with E-state index in [1.54, 1.807) is 0 Å². The van der Waals surface area contributed by atoms with Gasteiger partial charge in [-0.25, -0.2) is 0 Å². The van der Waals surface area contributed by atoms with Gasteiger partial charge in [0.25, 0.3) is 0 Å². The van der Waals surface area contributed by atoms with E-state index in [-0.39, 0.29) is 0 Å². The largest absolute Gasteiger partial charge is 0.391 e. The summed E-state index contributed by atoms with van der Waals surface area (Å²) in [6, 6.07) is 18.8. The lowest BCUT2D eigenvalue weighted by atomic mass is 9.76. The van der Waals surface area contributed by atoms with Crippen molar-refractivity contribution in [1.29, 1.82) is 0 Å². The standard InChI is InChI=1S/C18H21NO2/c20-16-12-7-13-19-17(16)18(21,14-8-3-1-4-9-14)15-10-5-2-6-11-15/h1-6,8-11,16-17,19-21H,7,12-13H2/t16-,17-/m1/s1. The highest BCUT2D eigenvalue weighted by atomic mass is 16.3. The Morgan fingerprint density at radius 2 is 1.43 bits per heavy atom. The third-order valence-corrected chi connectivity index (χ3v) is 4.30. The Labute approximate surface area is 125 Å². The molecule has 1 aliphatic rings. The Balaban J connectivity index is 2.11. The van der Waals surface area contributed by atoms with Crippen molar-refractivity contribution in [3.05, 3.63) is 71.8 Å². The maximum atomic E-state index is 11.5. The van der Waals surface area contributed by atoms with E-state index in [4.69, 9.17) is 0 Å². The van der Waals surface area contributed by atoms with Crippen LogP contribution in [-0.2, 0) is 5.60 Å². The van der Waals surface area contributed by atoms with Crippen molar-refractivity contribution in [1.82, 2.24) is 5.32 Å². The van der Waals surface area contributed by atoms with Crippen LogP contribution < -0.4 is 5.32 Å². The van der Waals surface area contributed by atoms with Crippen LogP contribution in [-0.4, -0.2) is 28.9 Å². The van der Waals surface area contributed by atoms with E-state index < -0.39 is 17.7 Å². The topological polar surface area (TPSA) is 52.5 Å². The first-order chi connectivity index (χ1) is 10.2. The van der Waals surface area contributed by atoms with Gasteiger partial charge in [0.1, 0.15) is 5.60 Å². The van der Waals surface area contributed by atoms with Crippen molar-refractivity contribution in [2.45, 2.75) is 30.6 Å². The molecule has 3 N–H and O–H groups in total. The average molecular weight is 283 g/mol. The molecule has 0 unspecified atom stereocenters. The summed E-state index contributed by atoms with van der Waals surface area (Å²) in [5.74, 6) is 0. The minimum Gasteiger partial charge on any atom is -0.391 e. The van der Waals surface area contributed by atoms with Gasteiger partial charge in [-0.2, -0.15) is 0 Å². The van der Waals surface area contributed by atoms with Crippen LogP contribution in [0.1, 0.15) is 24.0 Å². The molecule has 0 spiro atoms. The Morgan fingerprint density at radius 1 is 0.905 bits per heavy atom. The van der Waals surface area contributed by atoms with E-state index in [1.165, 1.54) is 0 Å². The number of piperidine rings is 1. The quantitative estimate of drug-likeness (QED) is 0.808. The van der Waals surface area contributed by atoms with Crippen LogP contribution in [0.15, 0.2) is 60.7 Å².